The monoisotopic (exact) mass is 494 g/mol. The van der Waals surface area contributed by atoms with Crippen molar-refractivity contribution in [2.45, 2.75) is 4.90 Å². The van der Waals surface area contributed by atoms with Crippen LogP contribution < -0.4 is 14.8 Å². The lowest BCUT2D eigenvalue weighted by Crippen LogP contribution is -2.16. The van der Waals surface area contributed by atoms with Crippen molar-refractivity contribution in [1.82, 2.24) is 9.97 Å². The first-order valence-corrected chi connectivity index (χ1v) is 11.9. The summed E-state index contributed by atoms with van der Waals surface area (Å²) in [7, 11) is -2.66. The fourth-order valence-corrected chi connectivity index (χ4v) is 4.46. The molecule has 0 radical (unpaired) electrons. The maximum Gasteiger partial charge on any atom is 0.265 e. The number of aromatic nitrogens is 2. The number of anilines is 2. The van der Waals surface area contributed by atoms with Gasteiger partial charge < -0.3 is 10.1 Å². The highest BCUT2D eigenvalue weighted by atomic mass is 35.5. The van der Waals surface area contributed by atoms with Crippen LogP contribution >= 0.6 is 11.6 Å². The van der Waals surface area contributed by atoms with Crippen LogP contribution in [0.5, 0.6) is 5.75 Å². The van der Waals surface area contributed by atoms with Crippen LogP contribution in [0.2, 0.25) is 5.02 Å². The molecule has 0 unspecified atom stereocenters. The molecule has 0 bridgehead atoms. The number of hydrogen-bond donors (Lipinski definition) is 2. The third-order valence-corrected chi connectivity index (χ3v) is 6.41. The third-order valence-electron chi connectivity index (χ3n) is 4.75. The molecule has 0 spiro atoms. The summed E-state index contributed by atoms with van der Waals surface area (Å²) in [6.45, 7) is 0. The van der Waals surface area contributed by atoms with Gasteiger partial charge in [-0.25, -0.2) is 18.4 Å². The Morgan fingerprint density at radius 3 is 2.21 bits per heavy atom. The first kappa shape index (κ1) is 23.2. The molecule has 34 heavy (non-hydrogen) atoms. The Labute approximate surface area is 201 Å². The maximum absolute atomic E-state index is 13.0. The SMILES string of the molecule is COc1ccc(NC(=O)c2cnc(-c3ccccc3)nc2)cc1S(=O)(=O)Nc1ccc(Cl)cc1. The van der Waals surface area contributed by atoms with Crippen LogP contribution in [0.3, 0.4) is 0 Å². The van der Waals surface area contributed by atoms with E-state index in [2.05, 4.69) is 20.0 Å². The summed E-state index contributed by atoms with van der Waals surface area (Å²) in [5, 5.41) is 3.15. The lowest BCUT2D eigenvalue weighted by Gasteiger charge is -2.14. The molecule has 3 aromatic carbocycles. The minimum absolute atomic E-state index is 0.120. The van der Waals surface area contributed by atoms with Crippen LogP contribution in [0.15, 0.2) is 90.1 Å². The molecule has 1 heterocycles. The second-order valence-electron chi connectivity index (χ2n) is 7.09. The van der Waals surface area contributed by atoms with E-state index in [0.29, 0.717) is 16.5 Å². The largest absolute Gasteiger partial charge is 0.495 e. The van der Waals surface area contributed by atoms with Crippen LogP contribution in [-0.2, 0) is 10.0 Å². The summed E-state index contributed by atoms with van der Waals surface area (Å²) in [5.74, 6) is 0.122. The zero-order valence-corrected chi connectivity index (χ0v) is 19.5. The smallest absolute Gasteiger partial charge is 0.265 e. The summed E-state index contributed by atoms with van der Waals surface area (Å²) in [6, 6.07) is 19.9. The number of sulfonamides is 1. The average Bonchev–Trinajstić information content (AvgIpc) is 2.86. The van der Waals surface area contributed by atoms with Gasteiger partial charge in [-0.15, -0.1) is 0 Å². The van der Waals surface area contributed by atoms with Gasteiger partial charge in [-0.3, -0.25) is 9.52 Å². The molecular formula is C24H19ClN4O4S. The first-order valence-electron chi connectivity index (χ1n) is 10.0. The normalized spacial score (nSPS) is 11.0. The number of nitrogens with one attached hydrogen (secondary N) is 2. The Balaban J connectivity index is 1.55. The second kappa shape index (κ2) is 9.90. The number of benzene rings is 3. The van der Waals surface area contributed by atoms with E-state index >= 15 is 0 Å². The molecule has 8 nitrogen and oxygen atoms in total. The summed E-state index contributed by atoms with van der Waals surface area (Å²) in [4.78, 5) is 21.0. The van der Waals surface area contributed by atoms with Gasteiger partial charge in [0.1, 0.15) is 10.6 Å². The predicted octanol–water partition coefficient (Wildman–Crippen LogP) is 4.86. The molecule has 0 saturated carbocycles. The lowest BCUT2D eigenvalue weighted by molar-refractivity contribution is 0.102. The van der Waals surface area contributed by atoms with Gasteiger partial charge in [-0.2, -0.15) is 0 Å². The number of hydrogen-bond acceptors (Lipinski definition) is 6. The Morgan fingerprint density at radius 1 is 0.912 bits per heavy atom. The molecule has 10 heteroatoms. The minimum Gasteiger partial charge on any atom is -0.495 e. The lowest BCUT2D eigenvalue weighted by atomic mass is 10.2. The number of carbonyl (C=O) groups is 1. The van der Waals surface area contributed by atoms with E-state index in [1.165, 1.54) is 49.8 Å². The summed E-state index contributed by atoms with van der Waals surface area (Å²) in [5.41, 5.74) is 1.64. The van der Waals surface area contributed by atoms with Crippen molar-refractivity contribution in [3.8, 4) is 17.1 Å². The van der Waals surface area contributed by atoms with Crippen LogP contribution in [0.25, 0.3) is 11.4 Å². The van der Waals surface area contributed by atoms with Gasteiger partial charge in [0.15, 0.2) is 5.82 Å². The Bertz CT molecular complexity index is 1410. The first-order chi connectivity index (χ1) is 16.4. The number of nitrogens with zero attached hydrogens (tertiary/aromatic N) is 2. The molecule has 4 rings (SSSR count). The summed E-state index contributed by atoms with van der Waals surface area (Å²) < 4.78 is 33.7. The van der Waals surface area contributed by atoms with Crippen molar-refractivity contribution >= 4 is 38.9 Å². The zero-order valence-electron chi connectivity index (χ0n) is 17.9. The molecule has 0 aliphatic carbocycles. The van der Waals surface area contributed by atoms with E-state index in [4.69, 9.17) is 16.3 Å². The van der Waals surface area contributed by atoms with Crippen molar-refractivity contribution < 1.29 is 17.9 Å². The molecule has 1 aromatic heterocycles. The molecule has 172 valence electrons. The molecule has 4 aromatic rings. The molecule has 0 aliphatic heterocycles. The quantitative estimate of drug-likeness (QED) is 0.379. The molecule has 1 amide bonds. The molecule has 0 saturated heterocycles. The number of rotatable bonds is 7. The molecule has 0 atom stereocenters. The van der Waals surface area contributed by atoms with Crippen molar-refractivity contribution in [3.05, 3.63) is 95.8 Å². The van der Waals surface area contributed by atoms with Gasteiger partial charge in [0.25, 0.3) is 15.9 Å². The highest BCUT2D eigenvalue weighted by Crippen LogP contribution is 2.29. The average molecular weight is 495 g/mol. The van der Waals surface area contributed by atoms with Gasteiger partial charge in [0, 0.05) is 34.4 Å². The van der Waals surface area contributed by atoms with Gasteiger partial charge in [-0.1, -0.05) is 41.9 Å². The van der Waals surface area contributed by atoms with Crippen LogP contribution in [-0.4, -0.2) is 31.4 Å². The summed E-state index contributed by atoms with van der Waals surface area (Å²) >= 11 is 5.86. The van der Waals surface area contributed by atoms with Crippen LogP contribution in [0, 0.1) is 0 Å². The van der Waals surface area contributed by atoms with Crippen molar-refractivity contribution in [2.75, 3.05) is 17.1 Å². The predicted molar refractivity (Wildman–Crippen MR) is 131 cm³/mol. The number of halogens is 1. The number of ether oxygens (including phenoxy) is 1. The van der Waals surface area contributed by atoms with Crippen LogP contribution in [0.4, 0.5) is 11.4 Å². The molecular weight excluding hydrogens is 476 g/mol. The van der Waals surface area contributed by atoms with Gasteiger partial charge in [0.2, 0.25) is 0 Å². The van der Waals surface area contributed by atoms with Crippen molar-refractivity contribution in [2.24, 2.45) is 0 Å². The molecule has 0 aliphatic rings. The highest BCUT2D eigenvalue weighted by Gasteiger charge is 2.21. The van der Waals surface area contributed by atoms with Crippen molar-refractivity contribution in [1.29, 1.82) is 0 Å². The van der Waals surface area contributed by atoms with E-state index in [9.17, 15) is 13.2 Å². The molecule has 0 fully saturated rings. The van der Waals surface area contributed by atoms with E-state index in [-0.39, 0.29) is 21.9 Å². The number of carbonyl (C=O) groups excluding carboxylic acids is 1. The van der Waals surface area contributed by atoms with E-state index < -0.39 is 15.9 Å². The highest BCUT2D eigenvalue weighted by molar-refractivity contribution is 7.92. The van der Waals surface area contributed by atoms with Gasteiger partial charge in [0.05, 0.1) is 12.7 Å². The number of amides is 1. The standard InChI is InChI=1S/C24H19ClN4O4S/c1-33-21-12-11-20(13-22(21)34(31,32)29-19-9-7-18(25)8-10-19)28-24(30)17-14-26-23(27-15-17)16-5-3-2-4-6-16/h2-15,29H,1H3,(H,28,30). The van der Waals surface area contributed by atoms with E-state index in [1.54, 1.807) is 12.1 Å². The Hall–Kier alpha value is -3.95. The minimum atomic E-state index is -4.02. The topological polar surface area (TPSA) is 110 Å². The fourth-order valence-electron chi connectivity index (χ4n) is 3.08. The molecule has 2 N–H and O–H groups in total. The Kier molecular flexibility index (Phi) is 6.76. The Morgan fingerprint density at radius 2 is 1.56 bits per heavy atom. The fraction of sp³-hybridized carbons (Fsp3) is 0.0417. The third kappa shape index (κ3) is 5.33. The van der Waals surface area contributed by atoms with Crippen molar-refractivity contribution in [3.63, 3.8) is 0 Å². The van der Waals surface area contributed by atoms with E-state index in [0.717, 1.165) is 5.56 Å². The maximum atomic E-state index is 13.0. The van der Waals surface area contributed by atoms with Crippen LogP contribution in [0.1, 0.15) is 10.4 Å². The van der Waals surface area contributed by atoms with Gasteiger partial charge in [-0.05, 0) is 42.5 Å². The van der Waals surface area contributed by atoms with Gasteiger partial charge >= 0.3 is 0 Å². The number of methoxy groups -OCH3 is 1. The zero-order chi connectivity index (χ0) is 24.1. The van der Waals surface area contributed by atoms with E-state index in [1.807, 2.05) is 30.3 Å². The second-order valence-corrected chi connectivity index (χ2v) is 9.18. The summed E-state index contributed by atoms with van der Waals surface area (Å²) in [6.07, 6.45) is 2.82.